The zero-order valence-corrected chi connectivity index (χ0v) is 10.1. The van der Waals surface area contributed by atoms with Crippen molar-refractivity contribution in [2.45, 2.75) is 12.5 Å². The second-order valence-corrected chi connectivity index (χ2v) is 4.35. The Balaban J connectivity index is 2.08. The molecule has 2 amide bonds. The molecule has 1 atom stereocenters. The summed E-state index contributed by atoms with van der Waals surface area (Å²) in [5.41, 5.74) is 6.71. The molecule has 2 rings (SSSR count). The van der Waals surface area contributed by atoms with Crippen molar-refractivity contribution in [2.24, 2.45) is 5.73 Å². The van der Waals surface area contributed by atoms with Gasteiger partial charge in [0.2, 0.25) is 11.8 Å². The van der Waals surface area contributed by atoms with Gasteiger partial charge in [0.25, 0.3) is 0 Å². The van der Waals surface area contributed by atoms with Crippen LogP contribution in [0.25, 0.3) is 0 Å². The van der Waals surface area contributed by atoms with Crippen LogP contribution in [0, 0.1) is 0 Å². The van der Waals surface area contributed by atoms with E-state index in [2.05, 4.69) is 5.32 Å². The highest BCUT2D eigenvalue weighted by molar-refractivity contribution is 5.88. The lowest BCUT2D eigenvalue weighted by Gasteiger charge is -2.23. The first-order valence-electron chi connectivity index (χ1n) is 6.04. The first-order valence-corrected chi connectivity index (χ1v) is 6.04. The molecule has 0 saturated carbocycles. The third-order valence-electron chi connectivity index (χ3n) is 3.00. The monoisotopic (exact) mass is 247 g/mol. The van der Waals surface area contributed by atoms with E-state index in [9.17, 15) is 9.59 Å². The van der Waals surface area contributed by atoms with Gasteiger partial charge in [-0.3, -0.25) is 9.59 Å². The highest BCUT2D eigenvalue weighted by Gasteiger charge is 2.25. The van der Waals surface area contributed by atoms with Crippen molar-refractivity contribution in [1.82, 2.24) is 10.2 Å². The van der Waals surface area contributed by atoms with Crippen LogP contribution in [0.3, 0.4) is 0 Å². The fourth-order valence-corrected chi connectivity index (χ4v) is 1.99. The molecule has 0 aromatic heterocycles. The number of nitrogens with two attached hydrogens (primary N) is 1. The normalized spacial score (nSPS) is 17.8. The Morgan fingerprint density at radius 1 is 1.33 bits per heavy atom. The van der Waals surface area contributed by atoms with Crippen LogP contribution in [-0.4, -0.2) is 36.3 Å². The van der Waals surface area contributed by atoms with Gasteiger partial charge in [-0.2, -0.15) is 0 Å². The summed E-state index contributed by atoms with van der Waals surface area (Å²) in [6, 6.07) is 8.51. The molecule has 0 spiro atoms. The molecular formula is C13H17N3O2. The van der Waals surface area contributed by atoms with Crippen LogP contribution < -0.4 is 11.1 Å². The summed E-state index contributed by atoms with van der Waals surface area (Å²) in [5.74, 6) is -0.320. The molecule has 1 aromatic rings. The Morgan fingerprint density at radius 2 is 2.06 bits per heavy atom. The Hall–Kier alpha value is -1.88. The van der Waals surface area contributed by atoms with Crippen molar-refractivity contribution in [3.05, 3.63) is 35.9 Å². The van der Waals surface area contributed by atoms with Crippen LogP contribution in [0.4, 0.5) is 0 Å². The fraction of sp³-hybridized carbons (Fsp3) is 0.385. The molecule has 18 heavy (non-hydrogen) atoms. The van der Waals surface area contributed by atoms with Gasteiger partial charge in [0, 0.05) is 13.1 Å². The van der Waals surface area contributed by atoms with Crippen LogP contribution >= 0.6 is 0 Å². The average molecular weight is 247 g/mol. The van der Waals surface area contributed by atoms with E-state index in [0.29, 0.717) is 13.1 Å². The summed E-state index contributed by atoms with van der Waals surface area (Å²) in [4.78, 5) is 25.2. The van der Waals surface area contributed by atoms with E-state index in [1.807, 2.05) is 30.3 Å². The molecule has 1 aliphatic heterocycles. The summed E-state index contributed by atoms with van der Waals surface area (Å²) in [6.45, 7) is 1.28. The second kappa shape index (κ2) is 5.64. The predicted octanol–water partition coefficient (Wildman–Crippen LogP) is 0.0349. The van der Waals surface area contributed by atoms with Gasteiger partial charge >= 0.3 is 0 Å². The third kappa shape index (κ3) is 2.87. The third-order valence-corrected chi connectivity index (χ3v) is 3.00. The van der Waals surface area contributed by atoms with Crippen LogP contribution in [-0.2, 0) is 9.59 Å². The SMILES string of the molecule is N[C@H](C(=O)N1CCCNC(=O)C1)c1ccccc1. The van der Waals surface area contributed by atoms with Gasteiger partial charge in [-0.15, -0.1) is 0 Å². The van der Waals surface area contributed by atoms with Crippen LogP contribution in [0.2, 0.25) is 0 Å². The zero-order chi connectivity index (χ0) is 13.0. The summed E-state index contributed by atoms with van der Waals surface area (Å²) < 4.78 is 0. The lowest BCUT2D eigenvalue weighted by molar-refractivity contribution is -0.136. The van der Waals surface area contributed by atoms with Crippen molar-refractivity contribution in [2.75, 3.05) is 19.6 Å². The molecule has 0 unspecified atom stereocenters. The number of hydrogen-bond acceptors (Lipinski definition) is 3. The number of carbonyl (C=O) groups is 2. The summed E-state index contributed by atoms with van der Waals surface area (Å²) >= 11 is 0. The molecule has 5 heteroatoms. The minimum absolute atomic E-state index is 0.0966. The molecule has 0 bridgehead atoms. The quantitative estimate of drug-likeness (QED) is 0.774. The Kier molecular flexibility index (Phi) is 3.94. The second-order valence-electron chi connectivity index (χ2n) is 4.35. The van der Waals surface area contributed by atoms with Gasteiger partial charge in [0.1, 0.15) is 6.04 Å². The topological polar surface area (TPSA) is 75.4 Å². The van der Waals surface area contributed by atoms with Gasteiger partial charge in [-0.1, -0.05) is 30.3 Å². The largest absolute Gasteiger partial charge is 0.354 e. The molecule has 96 valence electrons. The highest BCUT2D eigenvalue weighted by Crippen LogP contribution is 2.13. The molecule has 3 N–H and O–H groups in total. The van der Waals surface area contributed by atoms with Gasteiger partial charge < -0.3 is 16.0 Å². The number of nitrogens with zero attached hydrogens (tertiary/aromatic N) is 1. The van der Waals surface area contributed by atoms with Gasteiger partial charge in [0.05, 0.1) is 6.54 Å². The molecule has 1 aromatic carbocycles. The van der Waals surface area contributed by atoms with Crippen LogP contribution in [0.15, 0.2) is 30.3 Å². The Labute approximate surface area is 106 Å². The number of amides is 2. The van der Waals surface area contributed by atoms with E-state index in [0.717, 1.165) is 12.0 Å². The predicted molar refractivity (Wildman–Crippen MR) is 67.6 cm³/mol. The number of rotatable bonds is 2. The lowest BCUT2D eigenvalue weighted by atomic mass is 10.1. The minimum Gasteiger partial charge on any atom is -0.354 e. The van der Waals surface area contributed by atoms with Crippen LogP contribution in [0.5, 0.6) is 0 Å². The molecular weight excluding hydrogens is 230 g/mol. The van der Waals surface area contributed by atoms with Gasteiger partial charge in [-0.25, -0.2) is 0 Å². The molecule has 1 aliphatic rings. The van der Waals surface area contributed by atoms with Crippen molar-refractivity contribution in [1.29, 1.82) is 0 Å². The van der Waals surface area contributed by atoms with E-state index in [1.165, 1.54) is 4.90 Å². The van der Waals surface area contributed by atoms with E-state index in [4.69, 9.17) is 5.73 Å². The molecule has 5 nitrogen and oxygen atoms in total. The summed E-state index contributed by atoms with van der Waals surface area (Å²) in [6.07, 6.45) is 0.763. The summed E-state index contributed by atoms with van der Waals surface area (Å²) in [7, 11) is 0. The molecule has 1 heterocycles. The van der Waals surface area contributed by atoms with E-state index < -0.39 is 6.04 Å². The van der Waals surface area contributed by atoms with Crippen LogP contribution in [0.1, 0.15) is 18.0 Å². The number of carbonyl (C=O) groups excluding carboxylic acids is 2. The molecule has 0 radical (unpaired) electrons. The van der Waals surface area contributed by atoms with E-state index >= 15 is 0 Å². The maximum absolute atomic E-state index is 12.2. The standard InChI is InChI=1S/C13H17N3O2/c14-12(10-5-2-1-3-6-10)13(18)16-8-4-7-15-11(17)9-16/h1-3,5-6,12H,4,7-9,14H2,(H,15,17)/t12-/m0/s1. The van der Waals surface area contributed by atoms with E-state index in [-0.39, 0.29) is 18.4 Å². The maximum Gasteiger partial charge on any atom is 0.244 e. The number of hydrogen-bond donors (Lipinski definition) is 2. The van der Waals surface area contributed by atoms with Gasteiger partial charge in [-0.05, 0) is 12.0 Å². The highest BCUT2D eigenvalue weighted by atomic mass is 16.2. The summed E-state index contributed by atoms with van der Waals surface area (Å²) in [5, 5.41) is 2.73. The Morgan fingerprint density at radius 3 is 2.78 bits per heavy atom. The van der Waals surface area contributed by atoms with Crippen molar-refractivity contribution in [3.63, 3.8) is 0 Å². The Bertz CT molecular complexity index is 433. The molecule has 0 aliphatic carbocycles. The zero-order valence-electron chi connectivity index (χ0n) is 10.1. The minimum atomic E-state index is -0.697. The van der Waals surface area contributed by atoms with E-state index in [1.54, 1.807) is 0 Å². The van der Waals surface area contributed by atoms with Gasteiger partial charge in [0.15, 0.2) is 0 Å². The molecule has 1 fully saturated rings. The fourth-order valence-electron chi connectivity index (χ4n) is 1.99. The first-order chi connectivity index (χ1) is 8.68. The number of benzene rings is 1. The van der Waals surface area contributed by atoms with Crippen molar-refractivity contribution in [3.8, 4) is 0 Å². The number of nitrogens with one attached hydrogen (secondary N) is 1. The lowest BCUT2D eigenvalue weighted by Crippen LogP contribution is -2.42. The van der Waals surface area contributed by atoms with Crippen molar-refractivity contribution >= 4 is 11.8 Å². The smallest absolute Gasteiger partial charge is 0.244 e. The molecule has 1 saturated heterocycles. The van der Waals surface area contributed by atoms with Crippen molar-refractivity contribution < 1.29 is 9.59 Å². The average Bonchev–Trinajstić information content (AvgIpc) is 2.63. The maximum atomic E-state index is 12.2. The first kappa shape index (κ1) is 12.6.